The Morgan fingerprint density at radius 3 is 2.44 bits per heavy atom. The van der Waals surface area contributed by atoms with Crippen LogP contribution in [0.2, 0.25) is 0 Å². The van der Waals surface area contributed by atoms with Crippen molar-refractivity contribution in [3.05, 3.63) is 69.7 Å². The second-order valence-electron chi connectivity index (χ2n) is 4.43. The van der Waals surface area contributed by atoms with Gasteiger partial charge in [0.2, 0.25) is 0 Å². The summed E-state index contributed by atoms with van der Waals surface area (Å²) < 4.78 is 1.16. The first kappa shape index (κ1) is 13.3. The summed E-state index contributed by atoms with van der Waals surface area (Å²) in [4.78, 5) is 0. The molecule has 0 aliphatic heterocycles. The maximum Gasteiger partial charge on any atom is 0.0587 e. The van der Waals surface area contributed by atoms with Gasteiger partial charge in [0.1, 0.15) is 0 Å². The SMILES string of the molecule is CCNC(c1ccccc1)c1ccc(C)cc1Br. The summed E-state index contributed by atoms with van der Waals surface area (Å²) in [5.41, 5.74) is 3.85. The minimum atomic E-state index is 0.242. The lowest BCUT2D eigenvalue weighted by atomic mass is 9.98. The molecule has 1 N–H and O–H groups in total. The first-order valence-electron chi connectivity index (χ1n) is 6.26. The zero-order chi connectivity index (χ0) is 13.0. The summed E-state index contributed by atoms with van der Waals surface area (Å²) in [6, 6.07) is 17.3. The normalized spacial score (nSPS) is 12.4. The van der Waals surface area contributed by atoms with E-state index in [1.165, 1.54) is 16.7 Å². The van der Waals surface area contributed by atoms with Crippen molar-refractivity contribution in [2.45, 2.75) is 19.9 Å². The number of rotatable bonds is 4. The molecule has 18 heavy (non-hydrogen) atoms. The van der Waals surface area contributed by atoms with Crippen molar-refractivity contribution in [2.24, 2.45) is 0 Å². The number of hydrogen-bond acceptors (Lipinski definition) is 1. The molecule has 1 atom stereocenters. The van der Waals surface area contributed by atoms with Gasteiger partial charge in [-0.05, 0) is 36.2 Å². The minimum Gasteiger partial charge on any atom is -0.306 e. The van der Waals surface area contributed by atoms with Gasteiger partial charge in [0.25, 0.3) is 0 Å². The molecule has 0 bridgehead atoms. The molecular weight excluding hydrogens is 286 g/mol. The third kappa shape index (κ3) is 3.01. The minimum absolute atomic E-state index is 0.242. The van der Waals surface area contributed by atoms with Crippen molar-refractivity contribution in [2.75, 3.05) is 6.54 Å². The van der Waals surface area contributed by atoms with Crippen molar-refractivity contribution in [3.63, 3.8) is 0 Å². The Morgan fingerprint density at radius 2 is 1.83 bits per heavy atom. The molecule has 0 amide bonds. The van der Waals surface area contributed by atoms with Crippen molar-refractivity contribution in [3.8, 4) is 0 Å². The topological polar surface area (TPSA) is 12.0 Å². The van der Waals surface area contributed by atoms with Crippen molar-refractivity contribution >= 4 is 15.9 Å². The quantitative estimate of drug-likeness (QED) is 0.879. The van der Waals surface area contributed by atoms with Gasteiger partial charge in [-0.3, -0.25) is 0 Å². The van der Waals surface area contributed by atoms with Gasteiger partial charge < -0.3 is 5.32 Å². The fourth-order valence-electron chi connectivity index (χ4n) is 2.12. The first-order valence-corrected chi connectivity index (χ1v) is 7.06. The zero-order valence-electron chi connectivity index (χ0n) is 10.8. The second kappa shape index (κ2) is 6.17. The summed E-state index contributed by atoms with van der Waals surface area (Å²) >= 11 is 3.68. The number of benzene rings is 2. The van der Waals surface area contributed by atoms with Gasteiger partial charge in [0.15, 0.2) is 0 Å². The molecule has 94 valence electrons. The van der Waals surface area contributed by atoms with E-state index < -0.39 is 0 Å². The van der Waals surface area contributed by atoms with E-state index in [0.29, 0.717) is 0 Å². The summed E-state index contributed by atoms with van der Waals surface area (Å²) in [6.45, 7) is 5.19. The molecule has 0 saturated carbocycles. The van der Waals surface area contributed by atoms with Crippen LogP contribution in [0.3, 0.4) is 0 Å². The standard InChI is InChI=1S/C16H18BrN/c1-3-18-16(13-7-5-4-6-8-13)14-10-9-12(2)11-15(14)17/h4-11,16,18H,3H2,1-2H3. The van der Waals surface area contributed by atoms with Gasteiger partial charge in [-0.25, -0.2) is 0 Å². The zero-order valence-corrected chi connectivity index (χ0v) is 12.4. The van der Waals surface area contributed by atoms with E-state index in [4.69, 9.17) is 0 Å². The van der Waals surface area contributed by atoms with Crippen LogP contribution in [0.4, 0.5) is 0 Å². The van der Waals surface area contributed by atoms with Crippen LogP contribution in [0, 0.1) is 6.92 Å². The van der Waals surface area contributed by atoms with E-state index in [1.54, 1.807) is 0 Å². The summed E-state index contributed by atoms with van der Waals surface area (Å²) in [6.07, 6.45) is 0. The Bertz CT molecular complexity index is 508. The van der Waals surface area contributed by atoms with Gasteiger partial charge >= 0.3 is 0 Å². The molecule has 2 aromatic carbocycles. The molecule has 2 aromatic rings. The van der Waals surface area contributed by atoms with Crippen LogP contribution in [0.15, 0.2) is 53.0 Å². The first-order chi connectivity index (χ1) is 8.72. The molecule has 0 aliphatic rings. The maximum absolute atomic E-state index is 3.68. The maximum atomic E-state index is 3.68. The van der Waals surface area contributed by atoms with Gasteiger partial charge in [-0.2, -0.15) is 0 Å². The van der Waals surface area contributed by atoms with E-state index in [-0.39, 0.29) is 6.04 Å². The van der Waals surface area contributed by atoms with E-state index in [9.17, 15) is 0 Å². The molecule has 1 unspecified atom stereocenters. The molecule has 1 nitrogen and oxygen atoms in total. The van der Waals surface area contributed by atoms with Crippen LogP contribution in [0.25, 0.3) is 0 Å². The number of hydrogen-bond donors (Lipinski definition) is 1. The molecule has 0 radical (unpaired) electrons. The van der Waals surface area contributed by atoms with Crippen molar-refractivity contribution < 1.29 is 0 Å². The highest BCUT2D eigenvalue weighted by Crippen LogP contribution is 2.29. The molecule has 0 heterocycles. The van der Waals surface area contributed by atoms with Gasteiger partial charge in [-0.1, -0.05) is 65.3 Å². The Hall–Kier alpha value is -1.12. The molecule has 0 aromatic heterocycles. The highest BCUT2D eigenvalue weighted by Gasteiger charge is 2.15. The molecule has 2 rings (SSSR count). The molecule has 0 saturated heterocycles. The number of aryl methyl sites for hydroxylation is 1. The third-order valence-electron chi connectivity index (χ3n) is 3.01. The van der Waals surface area contributed by atoms with Crippen LogP contribution < -0.4 is 5.32 Å². The van der Waals surface area contributed by atoms with Gasteiger partial charge in [0, 0.05) is 4.47 Å². The second-order valence-corrected chi connectivity index (χ2v) is 5.28. The lowest BCUT2D eigenvalue weighted by Crippen LogP contribution is -2.22. The smallest absolute Gasteiger partial charge is 0.0587 e. The average Bonchev–Trinajstić information content (AvgIpc) is 2.38. The van der Waals surface area contributed by atoms with Crippen molar-refractivity contribution in [1.82, 2.24) is 5.32 Å². The predicted octanol–water partition coefficient (Wildman–Crippen LogP) is 4.46. The van der Waals surface area contributed by atoms with Crippen LogP contribution >= 0.6 is 15.9 Å². The average molecular weight is 304 g/mol. The van der Waals surface area contributed by atoms with Gasteiger partial charge in [0.05, 0.1) is 6.04 Å². The predicted molar refractivity (Wildman–Crippen MR) is 80.8 cm³/mol. The van der Waals surface area contributed by atoms with Gasteiger partial charge in [-0.15, -0.1) is 0 Å². The fourth-order valence-corrected chi connectivity index (χ4v) is 2.85. The Labute approximate surface area is 117 Å². The highest BCUT2D eigenvalue weighted by atomic mass is 79.9. The summed E-state index contributed by atoms with van der Waals surface area (Å²) in [7, 11) is 0. The van der Waals surface area contributed by atoms with Crippen molar-refractivity contribution in [1.29, 1.82) is 0 Å². The van der Waals surface area contributed by atoms with Crippen LogP contribution in [-0.2, 0) is 0 Å². The van der Waals surface area contributed by atoms with E-state index in [0.717, 1.165) is 11.0 Å². The lowest BCUT2D eigenvalue weighted by molar-refractivity contribution is 0.628. The Balaban J connectivity index is 2.41. The third-order valence-corrected chi connectivity index (χ3v) is 3.69. The van der Waals surface area contributed by atoms with E-state index >= 15 is 0 Å². The monoisotopic (exact) mass is 303 g/mol. The number of nitrogens with one attached hydrogen (secondary N) is 1. The summed E-state index contributed by atoms with van der Waals surface area (Å²) in [5.74, 6) is 0. The van der Waals surface area contributed by atoms with E-state index in [2.05, 4.69) is 83.6 Å². The lowest BCUT2D eigenvalue weighted by Gasteiger charge is -2.20. The van der Waals surface area contributed by atoms with E-state index in [1.807, 2.05) is 0 Å². The number of halogens is 1. The Morgan fingerprint density at radius 1 is 1.11 bits per heavy atom. The largest absolute Gasteiger partial charge is 0.306 e. The molecular formula is C16H18BrN. The fraction of sp³-hybridized carbons (Fsp3) is 0.250. The molecule has 0 aliphatic carbocycles. The van der Waals surface area contributed by atoms with Crippen LogP contribution in [0.5, 0.6) is 0 Å². The molecule has 0 spiro atoms. The summed E-state index contributed by atoms with van der Waals surface area (Å²) in [5, 5.41) is 3.55. The molecule has 2 heteroatoms. The van der Waals surface area contributed by atoms with Crippen LogP contribution in [-0.4, -0.2) is 6.54 Å². The van der Waals surface area contributed by atoms with Crippen LogP contribution in [0.1, 0.15) is 29.7 Å². The molecule has 0 fully saturated rings. The Kier molecular flexibility index (Phi) is 4.56. The highest BCUT2D eigenvalue weighted by molar-refractivity contribution is 9.10.